The van der Waals surface area contributed by atoms with Gasteiger partial charge in [-0.25, -0.2) is 4.98 Å². The van der Waals surface area contributed by atoms with E-state index in [1.54, 1.807) is 30.6 Å². The first-order valence-corrected chi connectivity index (χ1v) is 10.2. The Kier molecular flexibility index (Phi) is 4.61. The number of nitrogens with zero attached hydrogens (tertiary/aromatic N) is 2. The molecule has 0 spiro atoms. The molecule has 2 aliphatic heterocycles. The molecule has 3 N–H and O–H groups in total. The van der Waals surface area contributed by atoms with Gasteiger partial charge in [-0.2, -0.15) is 0 Å². The fraction of sp³-hybridized carbons (Fsp3) is 0.238. The fourth-order valence-corrected chi connectivity index (χ4v) is 4.13. The number of aromatic hydroxyl groups is 1. The first-order chi connectivity index (χ1) is 14.1. The van der Waals surface area contributed by atoms with E-state index in [1.165, 1.54) is 0 Å². The van der Waals surface area contributed by atoms with Crippen LogP contribution in [0.15, 0.2) is 40.8 Å². The van der Waals surface area contributed by atoms with Crippen LogP contribution >= 0.6 is 15.9 Å². The molecule has 0 aliphatic carbocycles. The van der Waals surface area contributed by atoms with E-state index in [2.05, 4.69) is 36.1 Å². The number of nitrogens with one attached hydrogen (secondary N) is 2. The van der Waals surface area contributed by atoms with Gasteiger partial charge >= 0.3 is 0 Å². The number of piperazine rings is 1. The number of fused-ring (bicyclic) bond motifs is 2. The molecule has 4 heterocycles. The van der Waals surface area contributed by atoms with Crippen LogP contribution < -0.4 is 10.1 Å². The van der Waals surface area contributed by atoms with Gasteiger partial charge in [-0.15, -0.1) is 0 Å². The quantitative estimate of drug-likeness (QED) is 0.526. The van der Waals surface area contributed by atoms with Crippen LogP contribution in [-0.2, 0) is 6.54 Å². The van der Waals surface area contributed by atoms with Crippen molar-refractivity contribution in [3.05, 3.63) is 57.5 Å². The zero-order valence-electron chi connectivity index (χ0n) is 15.5. The number of halogens is 1. The summed E-state index contributed by atoms with van der Waals surface area (Å²) in [5, 5.41) is 14.6. The molecule has 2 aliphatic rings. The number of ether oxygens (including phenoxy) is 1. The van der Waals surface area contributed by atoms with Crippen LogP contribution in [0.1, 0.15) is 21.5 Å². The van der Waals surface area contributed by atoms with Crippen molar-refractivity contribution in [2.75, 3.05) is 26.2 Å². The minimum atomic E-state index is -0.182. The molecule has 0 amide bonds. The maximum atomic E-state index is 12.9. The number of benzene rings is 1. The topological polar surface area (TPSA) is 90.5 Å². The van der Waals surface area contributed by atoms with Gasteiger partial charge in [-0.1, -0.05) is 0 Å². The SMILES string of the molecule is O=C1C(=Cc2c[nH]c3ncc(Br)cc23)Oc2c1ccc(O)c2CN1CCNCC1. The first kappa shape index (κ1) is 18.4. The van der Waals surface area contributed by atoms with E-state index in [0.29, 0.717) is 23.4 Å². The fourth-order valence-electron chi connectivity index (χ4n) is 3.80. The molecular weight excluding hydrogens is 436 g/mol. The number of rotatable bonds is 3. The maximum absolute atomic E-state index is 12.9. The number of ketones is 1. The second-order valence-electron chi connectivity index (χ2n) is 7.20. The highest BCUT2D eigenvalue weighted by Gasteiger charge is 2.32. The van der Waals surface area contributed by atoms with Gasteiger partial charge < -0.3 is 20.1 Å². The summed E-state index contributed by atoms with van der Waals surface area (Å²) in [5.74, 6) is 0.669. The first-order valence-electron chi connectivity index (χ1n) is 9.45. The molecule has 0 bridgehead atoms. The molecule has 148 valence electrons. The molecule has 0 unspecified atom stereocenters. The van der Waals surface area contributed by atoms with Crippen molar-refractivity contribution in [3.8, 4) is 11.5 Å². The lowest BCUT2D eigenvalue weighted by Crippen LogP contribution is -2.42. The lowest BCUT2D eigenvalue weighted by atomic mass is 10.0. The average molecular weight is 455 g/mol. The lowest BCUT2D eigenvalue weighted by molar-refractivity contribution is 0.101. The molecule has 1 saturated heterocycles. The predicted molar refractivity (Wildman–Crippen MR) is 113 cm³/mol. The second kappa shape index (κ2) is 7.29. The molecule has 0 saturated carbocycles. The van der Waals surface area contributed by atoms with Gasteiger partial charge in [-0.3, -0.25) is 9.69 Å². The van der Waals surface area contributed by atoms with Crippen molar-refractivity contribution >= 4 is 38.8 Å². The second-order valence-corrected chi connectivity index (χ2v) is 8.12. The number of hydrogen-bond acceptors (Lipinski definition) is 6. The summed E-state index contributed by atoms with van der Waals surface area (Å²) < 4.78 is 6.84. The normalized spacial score (nSPS) is 18.4. The molecule has 2 aromatic heterocycles. The van der Waals surface area contributed by atoms with Gasteiger partial charge in [0, 0.05) is 60.5 Å². The molecule has 0 atom stereocenters. The van der Waals surface area contributed by atoms with E-state index in [4.69, 9.17) is 4.74 Å². The van der Waals surface area contributed by atoms with Crippen molar-refractivity contribution < 1.29 is 14.6 Å². The van der Waals surface area contributed by atoms with Crippen LogP contribution in [-0.4, -0.2) is 51.9 Å². The molecule has 1 aromatic carbocycles. The van der Waals surface area contributed by atoms with Crippen molar-refractivity contribution in [1.82, 2.24) is 20.2 Å². The van der Waals surface area contributed by atoms with Gasteiger partial charge in [-0.05, 0) is 40.2 Å². The minimum absolute atomic E-state index is 0.150. The number of Topliss-reactive ketones (excluding diaryl/α,β-unsaturated/α-hetero) is 1. The Morgan fingerprint density at radius 1 is 1.31 bits per heavy atom. The summed E-state index contributed by atoms with van der Waals surface area (Å²) in [6.07, 6.45) is 5.24. The number of H-pyrrole nitrogens is 1. The summed E-state index contributed by atoms with van der Waals surface area (Å²) in [5.41, 5.74) is 2.70. The number of carbonyl (C=O) groups is 1. The monoisotopic (exact) mass is 454 g/mol. The Morgan fingerprint density at radius 3 is 2.97 bits per heavy atom. The van der Waals surface area contributed by atoms with Crippen LogP contribution in [0.25, 0.3) is 17.1 Å². The third kappa shape index (κ3) is 3.33. The average Bonchev–Trinajstić information content (AvgIpc) is 3.26. The van der Waals surface area contributed by atoms with Crippen molar-refractivity contribution in [2.24, 2.45) is 0 Å². The molecule has 8 heteroatoms. The maximum Gasteiger partial charge on any atom is 0.231 e. The molecule has 5 rings (SSSR count). The van der Waals surface area contributed by atoms with Crippen molar-refractivity contribution in [1.29, 1.82) is 0 Å². The molecule has 3 aromatic rings. The molecular formula is C21H19BrN4O3. The Bertz CT molecular complexity index is 1150. The molecule has 29 heavy (non-hydrogen) atoms. The van der Waals surface area contributed by atoms with Crippen LogP contribution in [0.5, 0.6) is 11.5 Å². The molecule has 0 radical (unpaired) electrons. The molecule has 1 fully saturated rings. The number of aromatic nitrogens is 2. The van der Waals surface area contributed by atoms with Gasteiger partial charge in [0.15, 0.2) is 5.76 Å². The summed E-state index contributed by atoms with van der Waals surface area (Å²) in [7, 11) is 0. The van der Waals surface area contributed by atoms with E-state index in [0.717, 1.165) is 47.2 Å². The van der Waals surface area contributed by atoms with Crippen LogP contribution in [0.4, 0.5) is 0 Å². The third-order valence-corrected chi connectivity index (χ3v) is 5.76. The molecule has 7 nitrogen and oxygen atoms in total. The summed E-state index contributed by atoms with van der Waals surface area (Å²) in [4.78, 5) is 22.6. The van der Waals surface area contributed by atoms with Gasteiger partial charge in [0.1, 0.15) is 17.1 Å². The van der Waals surface area contributed by atoms with E-state index >= 15 is 0 Å². The van der Waals surface area contributed by atoms with Crippen molar-refractivity contribution in [2.45, 2.75) is 6.54 Å². The summed E-state index contributed by atoms with van der Waals surface area (Å²) in [6.45, 7) is 4.13. The number of pyridine rings is 1. The van der Waals surface area contributed by atoms with Crippen molar-refractivity contribution in [3.63, 3.8) is 0 Å². The Labute approximate surface area is 175 Å². The highest BCUT2D eigenvalue weighted by Crippen LogP contribution is 2.40. The number of hydrogen-bond donors (Lipinski definition) is 3. The number of carbonyl (C=O) groups excluding carboxylic acids is 1. The van der Waals surface area contributed by atoms with E-state index in [1.807, 2.05) is 6.07 Å². The third-order valence-electron chi connectivity index (χ3n) is 5.32. The standard InChI is InChI=1S/C21H19BrN4O3/c22-13-8-15-12(9-24-21(15)25-10-13)7-18-19(28)14-1-2-17(27)16(20(14)29-18)11-26-5-3-23-4-6-26/h1-2,7-10,23,27H,3-6,11H2,(H,24,25). The van der Waals surface area contributed by atoms with Gasteiger partial charge in [0.05, 0.1) is 11.1 Å². The van der Waals surface area contributed by atoms with Crippen LogP contribution in [0.2, 0.25) is 0 Å². The largest absolute Gasteiger partial charge is 0.507 e. The Hall–Kier alpha value is -2.68. The van der Waals surface area contributed by atoms with Gasteiger partial charge in [0.2, 0.25) is 5.78 Å². The van der Waals surface area contributed by atoms with E-state index in [9.17, 15) is 9.90 Å². The lowest BCUT2D eigenvalue weighted by Gasteiger charge is -2.27. The number of phenols is 1. The predicted octanol–water partition coefficient (Wildman–Crippen LogP) is 3.05. The van der Waals surface area contributed by atoms with E-state index < -0.39 is 0 Å². The number of allylic oxidation sites excluding steroid dienone is 1. The smallest absolute Gasteiger partial charge is 0.231 e. The Morgan fingerprint density at radius 2 is 2.14 bits per heavy atom. The summed E-state index contributed by atoms with van der Waals surface area (Å²) in [6, 6.07) is 5.15. The van der Waals surface area contributed by atoms with Gasteiger partial charge in [0.25, 0.3) is 0 Å². The van der Waals surface area contributed by atoms with Crippen LogP contribution in [0, 0.1) is 0 Å². The number of aromatic amines is 1. The highest BCUT2D eigenvalue weighted by atomic mass is 79.9. The number of phenolic OH excluding ortho intramolecular Hbond substituents is 1. The highest BCUT2D eigenvalue weighted by molar-refractivity contribution is 9.10. The minimum Gasteiger partial charge on any atom is -0.507 e. The van der Waals surface area contributed by atoms with E-state index in [-0.39, 0.29) is 17.3 Å². The zero-order valence-corrected chi connectivity index (χ0v) is 17.1. The van der Waals surface area contributed by atoms with Crippen LogP contribution in [0.3, 0.4) is 0 Å². The summed E-state index contributed by atoms with van der Waals surface area (Å²) >= 11 is 3.43. The zero-order chi connectivity index (χ0) is 20.0. The Balaban J connectivity index is 1.50.